The van der Waals surface area contributed by atoms with E-state index in [9.17, 15) is 0 Å². The lowest BCUT2D eigenvalue weighted by molar-refractivity contribution is 0.632. The fourth-order valence-corrected chi connectivity index (χ4v) is 3.37. The minimum Gasteiger partial charge on any atom is -0.357 e. The van der Waals surface area contributed by atoms with Gasteiger partial charge < -0.3 is 15.2 Å². The molecule has 8 heteroatoms. The van der Waals surface area contributed by atoms with Crippen molar-refractivity contribution in [3.8, 4) is 11.3 Å². The molecule has 0 atom stereocenters. The molecule has 3 rings (SSSR count). The fraction of sp³-hybridized carbons (Fsp3) is 0.368. The maximum absolute atomic E-state index is 4.69. The molecule has 7 nitrogen and oxygen atoms in total. The fourth-order valence-electron chi connectivity index (χ4n) is 2.65. The minimum absolute atomic E-state index is 0.555. The molecule has 0 unspecified atom stereocenters. The Morgan fingerprint density at radius 2 is 2.04 bits per heavy atom. The van der Waals surface area contributed by atoms with Gasteiger partial charge in [0.25, 0.3) is 0 Å². The number of thiazole rings is 1. The SMILES string of the molecule is CCNC(=NCc1nc(-c2ccccc2)cs1)NCCn1cnnc1CC. The predicted molar refractivity (Wildman–Crippen MR) is 110 cm³/mol. The molecule has 0 amide bonds. The quantitative estimate of drug-likeness (QED) is 0.462. The van der Waals surface area contributed by atoms with Crippen LogP contribution < -0.4 is 10.6 Å². The van der Waals surface area contributed by atoms with Crippen LogP contribution in [0.3, 0.4) is 0 Å². The van der Waals surface area contributed by atoms with Gasteiger partial charge in [0.15, 0.2) is 5.96 Å². The van der Waals surface area contributed by atoms with Crippen molar-refractivity contribution >= 4 is 17.3 Å². The second-order valence-electron chi connectivity index (χ2n) is 5.91. The molecule has 1 aromatic carbocycles. The summed E-state index contributed by atoms with van der Waals surface area (Å²) in [5.74, 6) is 1.79. The summed E-state index contributed by atoms with van der Waals surface area (Å²) in [7, 11) is 0. The first-order valence-corrected chi connectivity index (χ1v) is 10.1. The van der Waals surface area contributed by atoms with Crippen LogP contribution in [0.15, 0.2) is 47.0 Å². The molecular formula is C19H25N7S. The van der Waals surface area contributed by atoms with Crippen molar-refractivity contribution in [1.29, 1.82) is 0 Å². The third-order valence-corrected chi connectivity index (χ3v) is 4.83. The van der Waals surface area contributed by atoms with E-state index in [-0.39, 0.29) is 0 Å². The van der Waals surface area contributed by atoms with Crippen molar-refractivity contribution in [2.45, 2.75) is 33.4 Å². The molecule has 0 fully saturated rings. The van der Waals surface area contributed by atoms with E-state index in [1.165, 1.54) is 0 Å². The Bertz CT molecular complexity index is 854. The van der Waals surface area contributed by atoms with Crippen LogP contribution in [0.4, 0.5) is 0 Å². The molecule has 0 aliphatic heterocycles. The van der Waals surface area contributed by atoms with E-state index in [4.69, 9.17) is 4.98 Å². The number of hydrogen-bond acceptors (Lipinski definition) is 5. The van der Waals surface area contributed by atoms with Crippen LogP contribution in [0.25, 0.3) is 11.3 Å². The Balaban J connectivity index is 1.56. The van der Waals surface area contributed by atoms with Crippen molar-refractivity contribution in [2.24, 2.45) is 4.99 Å². The molecule has 0 spiro atoms. The van der Waals surface area contributed by atoms with Crippen molar-refractivity contribution in [2.75, 3.05) is 13.1 Å². The van der Waals surface area contributed by atoms with Gasteiger partial charge in [-0.1, -0.05) is 37.3 Å². The molecule has 0 saturated carbocycles. The summed E-state index contributed by atoms with van der Waals surface area (Å²) in [5, 5.41) is 17.8. The zero-order chi connectivity index (χ0) is 18.9. The smallest absolute Gasteiger partial charge is 0.191 e. The highest BCUT2D eigenvalue weighted by atomic mass is 32.1. The zero-order valence-corrected chi connectivity index (χ0v) is 16.5. The number of benzene rings is 1. The van der Waals surface area contributed by atoms with Crippen LogP contribution in [0.5, 0.6) is 0 Å². The first-order chi connectivity index (χ1) is 13.3. The normalized spacial score (nSPS) is 11.6. The third kappa shape index (κ3) is 5.37. The number of aromatic nitrogens is 4. The van der Waals surface area contributed by atoms with Gasteiger partial charge in [-0.3, -0.25) is 0 Å². The molecule has 0 aliphatic rings. The summed E-state index contributed by atoms with van der Waals surface area (Å²) in [6.07, 6.45) is 2.65. The number of nitrogens with one attached hydrogen (secondary N) is 2. The van der Waals surface area contributed by atoms with Gasteiger partial charge in [-0.25, -0.2) is 9.98 Å². The zero-order valence-electron chi connectivity index (χ0n) is 15.7. The summed E-state index contributed by atoms with van der Waals surface area (Å²) in [5.41, 5.74) is 2.14. The molecule has 2 N–H and O–H groups in total. The highest BCUT2D eigenvalue weighted by Crippen LogP contribution is 2.21. The Kier molecular flexibility index (Phi) is 6.92. The van der Waals surface area contributed by atoms with Crippen molar-refractivity contribution in [3.63, 3.8) is 0 Å². The van der Waals surface area contributed by atoms with Crippen molar-refractivity contribution in [1.82, 2.24) is 30.4 Å². The molecule has 0 saturated heterocycles. The maximum atomic E-state index is 4.69. The topological polar surface area (TPSA) is 80.0 Å². The first-order valence-electron chi connectivity index (χ1n) is 9.18. The maximum Gasteiger partial charge on any atom is 0.191 e. The summed E-state index contributed by atoms with van der Waals surface area (Å²) < 4.78 is 2.06. The number of aryl methyl sites for hydroxylation is 1. The lowest BCUT2D eigenvalue weighted by Crippen LogP contribution is -2.38. The average Bonchev–Trinajstić information content (AvgIpc) is 3.36. The van der Waals surface area contributed by atoms with Gasteiger partial charge in [-0.05, 0) is 6.92 Å². The van der Waals surface area contributed by atoms with Gasteiger partial charge >= 0.3 is 0 Å². The van der Waals surface area contributed by atoms with Crippen LogP contribution in [0.2, 0.25) is 0 Å². The van der Waals surface area contributed by atoms with Crippen LogP contribution >= 0.6 is 11.3 Å². The molecule has 142 valence electrons. The summed E-state index contributed by atoms with van der Waals surface area (Å²) in [6, 6.07) is 10.2. The first kappa shape index (κ1) is 19.0. The Hall–Kier alpha value is -2.74. The van der Waals surface area contributed by atoms with Crippen LogP contribution in [-0.2, 0) is 19.5 Å². The summed E-state index contributed by atoms with van der Waals surface area (Å²) >= 11 is 1.64. The Labute approximate surface area is 163 Å². The minimum atomic E-state index is 0.555. The third-order valence-electron chi connectivity index (χ3n) is 4.00. The van der Waals surface area contributed by atoms with Crippen molar-refractivity contribution in [3.05, 3.63) is 52.9 Å². The highest BCUT2D eigenvalue weighted by molar-refractivity contribution is 7.09. The van der Waals surface area contributed by atoms with E-state index in [0.717, 1.165) is 54.1 Å². The van der Waals surface area contributed by atoms with Gasteiger partial charge in [0, 0.05) is 37.0 Å². The number of hydrogen-bond donors (Lipinski definition) is 2. The van der Waals surface area contributed by atoms with E-state index in [0.29, 0.717) is 6.54 Å². The Morgan fingerprint density at radius 1 is 1.19 bits per heavy atom. The standard InChI is InChI=1S/C19H25N7S/c1-3-17-25-23-14-26(17)11-10-21-19(20-4-2)22-12-18-24-16(13-27-18)15-8-6-5-7-9-15/h5-9,13-14H,3-4,10-12H2,1-2H3,(H2,20,21,22). The van der Waals surface area contributed by atoms with Crippen LogP contribution in [0, 0.1) is 0 Å². The van der Waals surface area contributed by atoms with E-state index >= 15 is 0 Å². The molecule has 2 aromatic heterocycles. The van der Waals surface area contributed by atoms with E-state index in [2.05, 4.69) is 61.8 Å². The van der Waals surface area contributed by atoms with Gasteiger partial charge in [-0.15, -0.1) is 21.5 Å². The van der Waals surface area contributed by atoms with E-state index in [1.54, 1.807) is 17.7 Å². The molecule has 0 radical (unpaired) electrons. The predicted octanol–water partition coefficient (Wildman–Crippen LogP) is 2.72. The lowest BCUT2D eigenvalue weighted by atomic mass is 10.2. The van der Waals surface area contributed by atoms with Crippen LogP contribution in [0.1, 0.15) is 24.7 Å². The summed E-state index contributed by atoms with van der Waals surface area (Å²) in [4.78, 5) is 9.35. The summed E-state index contributed by atoms with van der Waals surface area (Å²) in [6.45, 7) is 7.06. The average molecular weight is 384 g/mol. The van der Waals surface area contributed by atoms with E-state index < -0.39 is 0 Å². The molecule has 0 bridgehead atoms. The number of rotatable bonds is 8. The second-order valence-corrected chi connectivity index (χ2v) is 6.85. The van der Waals surface area contributed by atoms with Gasteiger partial charge in [0.2, 0.25) is 0 Å². The van der Waals surface area contributed by atoms with Gasteiger partial charge in [0.05, 0.1) is 12.2 Å². The monoisotopic (exact) mass is 383 g/mol. The van der Waals surface area contributed by atoms with Crippen molar-refractivity contribution < 1.29 is 0 Å². The molecule has 3 aromatic rings. The molecular weight excluding hydrogens is 358 g/mol. The molecule has 27 heavy (non-hydrogen) atoms. The number of aliphatic imine (C=N–C) groups is 1. The molecule has 0 aliphatic carbocycles. The van der Waals surface area contributed by atoms with Gasteiger partial charge in [-0.2, -0.15) is 0 Å². The van der Waals surface area contributed by atoms with Gasteiger partial charge in [0.1, 0.15) is 17.2 Å². The van der Waals surface area contributed by atoms with E-state index in [1.807, 2.05) is 18.2 Å². The highest BCUT2D eigenvalue weighted by Gasteiger charge is 2.05. The number of nitrogens with zero attached hydrogens (tertiary/aromatic N) is 5. The lowest BCUT2D eigenvalue weighted by Gasteiger charge is -2.11. The second kappa shape index (κ2) is 9.82. The largest absolute Gasteiger partial charge is 0.357 e. The van der Waals surface area contributed by atoms with Crippen LogP contribution in [-0.4, -0.2) is 38.8 Å². The molecule has 2 heterocycles. The number of guanidine groups is 1. The Morgan fingerprint density at radius 3 is 2.81 bits per heavy atom.